The Labute approximate surface area is 135 Å². The van der Waals surface area contributed by atoms with Gasteiger partial charge in [-0.1, -0.05) is 12.1 Å². The summed E-state index contributed by atoms with van der Waals surface area (Å²) in [5, 5.41) is 3.94. The van der Waals surface area contributed by atoms with E-state index in [0.717, 1.165) is 56.4 Å². The van der Waals surface area contributed by atoms with Crippen LogP contribution >= 0.6 is 0 Å². The van der Waals surface area contributed by atoms with Crippen molar-refractivity contribution in [2.24, 2.45) is 0 Å². The topological polar surface area (TPSA) is 64.5 Å². The van der Waals surface area contributed by atoms with E-state index in [0.29, 0.717) is 11.9 Å². The lowest BCUT2D eigenvalue weighted by atomic mass is 9.90. The Bertz CT molecular complexity index is 666. The monoisotopic (exact) mass is 317 g/mol. The van der Waals surface area contributed by atoms with Gasteiger partial charge in [0, 0.05) is 25.6 Å². The van der Waals surface area contributed by atoms with Crippen LogP contribution < -0.4 is 0 Å². The van der Waals surface area contributed by atoms with Gasteiger partial charge < -0.3 is 13.7 Å². The van der Waals surface area contributed by atoms with Crippen molar-refractivity contribution in [3.8, 4) is 0 Å². The summed E-state index contributed by atoms with van der Waals surface area (Å²) in [4.78, 5) is 6.89. The first-order valence-electron chi connectivity index (χ1n) is 8.46. The lowest BCUT2D eigenvalue weighted by molar-refractivity contribution is 0.00594. The molecule has 0 bridgehead atoms. The molecule has 3 atom stereocenters. The number of aryl methyl sites for hydroxylation is 2. The van der Waals surface area contributed by atoms with Gasteiger partial charge in [0.05, 0.1) is 18.6 Å². The molecule has 23 heavy (non-hydrogen) atoms. The highest BCUT2D eigenvalue weighted by Crippen LogP contribution is 2.36. The Morgan fingerprint density at radius 2 is 2.17 bits per heavy atom. The molecular formula is C17H23N3O3. The summed E-state index contributed by atoms with van der Waals surface area (Å²) < 4.78 is 17.2. The van der Waals surface area contributed by atoms with Gasteiger partial charge in [0.15, 0.2) is 5.82 Å². The smallest absolute Gasteiger partial charge is 0.231 e. The first kappa shape index (κ1) is 14.9. The Hall–Kier alpha value is -1.66. The Morgan fingerprint density at radius 1 is 1.30 bits per heavy atom. The van der Waals surface area contributed by atoms with Crippen molar-refractivity contribution < 1.29 is 13.7 Å². The summed E-state index contributed by atoms with van der Waals surface area (Å²) in [5.41, 5.74) is 0. The van der Waals surface area contributed by atoms with Gasteiger partial charge >= 0.3 is 0 Å². The first-order valence-corrected chi connectivity index (χ1v) is 8.46. The van der Waals surface area contributed by atoms with E-state index in [2.05, 4.69) is 34.1 Å². The van der Waals surface area contributed by atoms with Crippen LogP contribution in [0.2, 0.25) is 0 Å². The van der Waals surface area contributed by atoms with Crippen LogP contribution in [0.25, 0.3) is 0 Å². The number of hydrogen-bond acceptors (Lipinski definition) is 6. The normalized spacial score (nSPS) is 28.2. The molecule has 2 saturated heterocycles. The summed E-state index contributed by atoms with van der Waals surface area (Å²) >= 11 is 0. The third-order valence-corrected chi connectivity index (χ3v) is 4.93. The van der Waals surface area contributed by atoms with E-state index in [1.165, 1.54) is 0 Å². The molecule has 2 aromatic heterocycles. The molecule has 0 radical (unpaired) electrons. The molecule has 0 unspecified atom stereocenters. The van der Waals surface area contributed by atoms with Crippen molar-refractivity contribution in [3.05, 3.63) is 35.4 Å². The van der Waals surface area contributed by atoms with E-state index in [9.17, 15) is 0 Å². The summed E-state index contributed by atoms with van der Waals surface area (Å²) in [6.07, 6.45) is 3.23. The predicted octanol–water partition coefficient (Wildman–Crippen LogP) is 2.68. The van der Waals surface area contributed by atoms with Gasteiger partial charge in [-0.3, -0.25) is 4.90 Å². The number of likely N-dealkylation sites (tertiary alicyclic amines) is 1. The average molecular weight is 317 g/mol. The second-order valence-electron chi connectivity index (χ2n) is 6.53. The Kier molecular flexibility index (Phi) is 3.95. The number of piperidine rings is 1. The zero-order valence-corrected chi connectivity index (χ0v) is 13.7. The Morgan fingerprint density at radius 3 is 2.91 bits per heavy atom. The van der Waals surface area contributed by atoms with Crippen LogP contribution in [-0.4, -0.2) is 40.3 Å². The maximum Gasteiger partial charge on any atom is 0.231 e. The molecule has 4 rings (SSSR count). The standard InChI is InChI=1S/C17H23N3O3/c1-3-13-4-5-14(22-13)10-20-9-12(17-18-11(2)19-23-17)8-16-15(20)6-7-21-16/h4-5,12,15-16H,3,6-10H2,1-2H3/t12-,15-,16-/m0/s1. The first-order chi connectivity index (χ1) is 11.2. The van der Waals surface area contributed by atoms with E-state index in [4.69, 9.17) is 13.7 Å². The zero-order chi connectivity index (χ0) is 15.8. The lowest BCUT2D eigenvalue weighted by Crippen LogP contribution is -2.48. The summed E-state index contributed by atoms with van der Waals surface area (Å²) in [6.45, 7) is 6.53. The third kappa shape index (κ3) is 2.93. The summed E-state index contributed by atoms with van der Waals surface area (Å²) in [6, 6.07) is 4.62. The van der Waals surface area contributed by atoms with E-state index in [1.807, 2.05) is 6.92 Å². The number of rotatable bonds is 4. The second kappa shape index (κ2) is 6.09. The van der Waals surface area contributed by atoms with Crippen LogP contribution in [0.4, 0.5) is 0 Å². The maximum atomic E-state index is 5.95. The Balaban J connectivity index is 1.53. The number of hydrogen-bond donors (Lipinski definition) is 0. The van der Waals surface area contributed by atoms with Gasteiger partial charge in [-0.25, -0.2) is 0 Å². The number of fused-ring (bicyclic) bond motifs is 1. The minimum atomic E-state index is 0.233. The van der Waals surface area contributed by atoms with E-state index < -0.39 is 0 Å². The summed E-state index contributed by atoms with van der Waals surface area (Å²) in [5.74, 6) is 3.72. The van der Waals surface area contributed by atoms with Crippen LogP contribution in [-0.2, 0) is 17.7 Å². The molecule has 2 fully saturated rings. The molecule has 2 aliphatic rings. The highest BCUT2D eigenvalue weighted by Gasteiger charge is 2.42. The lowest BCUT2D eigenvalue weighted by Gasteiger charge is -2.39. The largest absolute Gasteiger partial charge is 0.465 e. The predicted molar refractivity (Wildman–Crippen MR) is 83.0 cm³/mol. The number of nitrogens with zero attached hydrogens (tertiary/aromatic N) is 3. The molecule has 6 nitrogen and oxygen atoms in total. The van der Waals surface area contributed by atoms with Gasteiger partial charge in [-0.2, -0.15) is 4.98 Å². The van der Waals surface area contributed by atoms with Crippen molar-refractivity contribution in [1.82, 2.24) is 15.0 Å². The number of furan rings is 1. The van der Waals surface area contributed by atoms with Crippen molar-refractivity contribution in [2.45, 2.75) is 57.7 Å². The van der Waals surface area contributed by atoms with Crippen molar-refractivity contribution >= 4 is 0 Å². The van der Waals surface area contributed by atoms with Crippen molar-refractivity contribution in [2.75, 3.05) is 13.2 Å². The second-order valence-corrected chi connectivity index (χ2v) is 6.53. The minimum Gasteiger partial charge on any atom is -0.465 e. The molecule has 4 heterocycles. The van der Waals surface area contributed by atoms with Crippen molar-refractivity contribution in [3.63, 3.8) is 0 Å². The fourth-order valence-electron chi connectivity index (χ4n) is 3.79. The highest BCUT2D eigenvalue weighted by atomic mass is 16.5. The molecule has 6 heteroatoms. The highest BCUT2D eigenvalue weighted by molar-refractivity contribution is 5.09. The minimum absolute atomic E-state index is 0.233. The molecule has 0 spiro atoms. The molecule has 124 valence electrons. The zero-order valence-electron chi connectivity index (χ0n) is 13.7. The quantitative estimate of drug-likeness (QED) is 0.864. The molecule has 0 aliphatic carbocycles. The van der Waals surface area contributed by atoms with Crippen LogP contribution in [0.15, 0.2) is 21.1 Å². The fourth-order valence-corrected chi connectivity index (χ4v) is 3.79. The SMILES string of the molecule is CCc1ccc(CN2C[C@@H](c3nc(C)no3)C[C@@H]3OCC[C@@H]32)o1. The van der Waals surface area contributed by atoms with Gasteiger partial charge in [0.2, 0.25) is 5.89 Å². The van der Waals surface area contributed by atoms with E-state index in [1.54, 1.807) is 0 Å². The van der Waals surface area contributed by atoms with Gasteiger partial charge in [-0.15, -0.1) is 0 Å². The van der Waals surface area contributed by atoms with Crippen LogP contribution in [0.3, 0.4) is 0 Å². The molecule has 0 aromatic carbocycles. The van der Waals surface area contributed by atoms with Gasteiger partial charge in [0.25, 0.3) is 0 Å². The van der Waals surface area contributed by atoms with E-state index in [-0.39, 0.29) is 12.0 Å². The van der Waals surface area contributed by atoms with Crippen LogP contribution in [0.1, 0.15) is 48.9 Å². The van der Waals surface area contributed by atoms with Gasteiger partial charge in [0.1, 0.15) is 11.5 Å². The number of ether oxygens (including phenoxy) is 1. The van der Waals surface area contributed by atoms with Gasteiger partial charge in [-0.05, 0) is 31.9 Å². The van der Waals surface area contributed by atoms with Crippen LogP contribution in [0, 0.1) is 6.92 Å². The molecule has 0 saturated carbocycles. The summed E-state index contributed by atoms with van der Waals surface area (Å²) in [7, 11) is 0. The molecule has 0 N–H and O–H groups in total. The van der Waals surface area contributed by atoms with E-state index >= 15 is 0 Å². The number of aromatic nitrogens is 2. The molecule has 2 aliphatic heterocycles. The fraction of sp³-hybridized carbons (Fsp3) is 0.647. The maximum absolute atomic E-state index is 5.95. The molecule has 2 aromatic rings. The average Bonchev–Trinajstić information content (AvgIpc) is 3.26. The van der Waals surface area contributed by atoms with Crippen LogP contribution in [0.5, 0.6) is 0 Å². The van der Waals surface area contributed by atoms with Crippen molar-refractivity contribution in [1.29, 1.82) is 0 Å². The third-order valence-electron chi connectivity index (χ3n) is 4.93. The molecular weight excluding hydrogens is 294 g/mol. The molecule has 0 amide bonds.